The van der Waals surface area contributed by atoms with Gasteiger partial charge >= 0.3 is 0 Å². The largest absolute Gasteiger partial charge is 0.508 e. The van der Waals surface area contributed by atoms with Crippen LogP contribution in [0.5, 0.6) is 5.75 Å². The lowest BCUT2D eigenvalue weighted by molar-refractivity contribution is 0.474. The topological polar surface area (TPSA) is 61.3 Å². The van der Waals surface area contributed by atoms with Gasteiger partial charge in [0.2, 0.25) is 5.95 Å². The Morgan fingerprint density at radius 3 is 2.79 bits per heavy atom. The van der Waals surface area contributed by atoms with Gasteiger partial charge in [-0.3, -0.25) is 0 Å². The molecule has 1 aliphatic rings. The Morgan fingerprint density at radius 2 is 1.92 bits per heavy atom. The first-order chi connectivity index (χ1) is 11.8. The predicted octanol–water partition coefficient (Wildman–Crippen LogP) is 4.01. The van der Waals surface area contributed by atoms with E-state index in [4.69, 9.17) is 0 Å². The SMILES string of the molecule is Oc1ccc2c(c1)CCCN2c1ccnc(Nc2ccccc2)n1. The minimum atomic E-state index is 0.310. The Morgan fingerprint density at radius 1 is 1.04 bits per heavy atom. The molecule has 0 unspecified atom stereocenters. The molecule has 1 aromatic heterocycles. The fourth-order valence-electron chi connectivity index (χ4n) is 3.03. The molecular formula is C19H18N4O. The summed E-state index contributed by atoms with van der Waals surface area (Å²) in [5.41, 5.74) is 3.21. The van der Waals surface area contributed by atoms with Crippen molar-refractivity contribution in [3.05, 3.63) is 66.4 Å². The lowest BCUT2D eigenvalue weighted by Crippen LogP contribution is -2.25. The van der Waals surface area contributed by atoms with Crippen LogP contribution in [0.3, 0.4) is 0 Å². The Kier molecular flexibility index (Phi) is 3.75. The molecule has 0 spiro atoms. The quantitative estimate of drug-likeness (QED) is 0.764. The molecule has 2 heterocycles. The van der Waals surface area contributed by atoms with Crippen LogP contribution in [0, 0.1) is 0 Å². The molecule has 0 radical (unpaired) electrons. The number of hydrogen-bond donors (Lipinski definition) is 2. The number of aromatic nitrogens is 2. The molecule has 0 atom stereocenters. The molecule has 5 heteroatoms. The Hall–Kier alpha value is -3.08. The molecular weight excluding hydrogens is 300 g/mol. The molecule has 5 nitrogen and oxygen atoms in total. The number of phenols is 1. The molecule has 24 heavy (non-hydrogen) atoms. The van der Waals surface area contributed by atoms with Crippen molar-refractivity contribution in [1.29, 1.82) is 0 Å². The predicted molar refractivity (Wildman–Crippen MR) is 95.2 cm³/mol. The second kappa shape index (κ2) is 6.20. The monoisotopic (exact) mass is 318 g/mol. The van der Waals surface area contributed by atoms with Gasteiger partial charge in [-0.05, 0) is 54.8 Å². The standard InChI is InChI=1S/C19H18N4O/c24-16-8-9-17-14(13-16)5-4-12-23(17)18-10-11-20-19(22-18)21-15-6-2-1-3-7-15/h1-3,6-11,13,24H,4-5,12H2,(H,20,21,22). The van der Waals surface area contributed by atoms with Gasteiger partial charge in [-0.1, -0.05) is 18.2 Å². The fourth-order valence-corrected chi connectivity index (χ4v) is 3.03. The van der Waals surface area contributed by atoms with E-state index in [0.29, 0.717) is 11.7 Å². The summed E-state index contributed by atoms with van der Waals surface area (Å²) < 4.78 is 0. The molecule has 1 aliphatic heterocycles. The number of rotatable bonds is 3. The van der Waals surface area contributed by atoms with Crippen LogP contribution < -0.4 is 10.2 Å². The van der Waals surface area contributed by atoms with Crippen LogP contribution in [-0.4, -0.2) is 21.6 Å². The maximum Gasteiger partial charge on any atom is 0.229 e. The average Bonchev–Trinajstić information content (AvgIpc) is 2.62. The Labute approximate surface area is 140 Å². The second-order valence-electron chi connectivity index (χ2n) is 5.80. The van der Waals surface area contributed by atoms with E-state index in [-0.39, 0.29) is 0 Å². The van der Waals surface area contributed by atoms with E-state index in [1.165, 1.54) is 0 Å². The van der Waals surface area contributed by atoms with Crippen LogP contribution >= 0.6 is 0 Å². The number of nitrogens with one attached hydrogen (secondary N) is 1. The molecule has 0 saturated carbocycles. The smallest absolute Gasteiger partial charge is 0.229 e. The molecule has 0 amide bonds. The second-order valence-corrected chi connectivity index (χ2v) is 5.80. The van der Waals surface area contributed by atoms with Gasteiger partial charge in [0, 0.05) is 24.1 Å². The minimum absolute atomic E-state index is 0.310. The number of aromatic hydroxyl groups is 1. The van der Waals surface area contributed by atoms with Crippen molar-refractivity contribution in [3.8, 4) is 5.75 Å². The maximum absolute atomic E-state index is 9.70. The van der Waals surface area contributed by atoms with Gasteiger partial charge in [0.15, 0.2) is 0 Å². The highest BCUT2D eigenvalue weighted by Gasteiger charge is 2.20. The lowest BCUT2D eigenvalue weighted by atomic mass is 10.0. The van der Waals surface area contributed by atoms with Crippen molar-refractivity contribution in [3.63, 3.8) is 0 Å². The zero-order valence-corrected chi connectivity index (χ0v) is 13.2. The summed E-state index contributed by atoms with van der Waals surface area (Å²) in [6.07, 6.45) is 3.77. The lowest BCUT2D eigenvalue weighted by Gasteiger charge is -2.30. The first kappa shape index (κ1) is 14.5. The van der Waals surface area contributed by atoms with Crippen LogP contribution in [-0.2, 0) is 6.42 Å². The number of aryl methyl sites for hydroxylation is 1. The number of fused-ring (bicyclic) bond motifs is 1. The molecule has 0 saturated heterocycles. The third-order valence-electron chi connectivity index (χ3n) is 4.13. The molecule has 0 bridgehead atoms. The molecule has 4 rings (SSSR count). The van der Waals surface area contributed by atoms with Gasteiger partial charge in [-0.2, -0.15) is 4.98 Å². The van der Waals surface area contributed by atoms with E-state index in [2.05, 4.69) is 20.2 Å². The molecule has 3 aromatic rings. The van der Waals surface area contributed by atoms with E-state index in [1.54, 1.807) is 12.3 Å². The van der Waals surface area contributed by atoms with Crippen molar-refractivity contribution in [2.75, 3.05) is 16.8 Å². The number of benzene rings is 2. The summed E-state index contributed by atoms with van der Waals surface area (Å²) >= 11 is 0. The van der Waals surface area contributed by atoms with Crippen molar-refractivity contribution in [2.24, 2.45) is 0 Å². The van der Waals surface area contributed by atoms with Gasteiger partial charge in [0.25, 0.3) is 0 Å². The number of para-hydroxylation sites is 1. The number of anilines is 4. The van der Waals surface area contributed by atoms with Crippen LogP contribution in [0.15, 0.2) is 60.8 Å². The molecule has 0 aliphatic carbocycles. The fraction of sp³-hybridized carbons (Fsp3) is 0.158. The Bertz CT molecular complexity index is 851. The number of phenolic OH excluding ortho intramolecular Hbond substituents is 1. The van der Waals surface area contributed by atoms with Crippen molar-refractivity contribution >= 4 is 23.1 Å². The highest BCUT2D eigenvalue weighted by molar-refractivity contribution is 5.67. The first-order valence-corrected chi connectivity index (χ1v) is 8.04. The van der Waals surface area contributed by atoms with Crippen LogP contribution in [0.1, 0.15) is 12.0 Å². The van der Waals surface area contributed by atoms with E-state index in [0.717, 1.165) is 42.1 Å². The summed E-state index contributed by atoms with van der Waals surface area (Å²) in [6.45, 7) is 0.902. The zero-order chi connectivity index (χ0) is 16.4. The third-order valence-corrected chi connectivity index (χ3v) is 4.13. The maximum atomic E-state index is 9.70. The van der Waals surface area contributed by atoms with E-state index in [9.17, 15) is 5.11 Å². The van der Waals surface area contributed by atoms with E-state index in [1.807, 2.05) is 48.5 Å². The average molecular weight is 318 g/mol. The van der Waals surface area contributed by atoms with Crippen molar-refractivity contribution in [1.82, 2.24) is 9.97 Å². The number of hydrogen-bond acceptors (Lipinski definition) is 5. The van der Waals surface area contributed by atoms with Crippen LogP contribution in [0.4, 0.5) is 23.1 Å². The summed E-state index contributed by atoms with van der Waals surface area (Å²) in [5, 5.41) is 12.9. The highest BCUT2D eigenvalue weighted by atomic mass is 16.3. The summed E-state index contributed by atoms with van der Waals surface area (Å²) in [5.74, 6) is 1.74. The van der Waals surface area contributed by atoms with Gasteiger partial charge in [-0.15, -0.1) is 0 Å². The molecule has 2 N–H and O–H groups in total. The summed E-state index contributed by atoms with van der Waals surface area (Å²) in [7, 11) is 0. The zero-order valence-electron chi connectivity index (χ0n) is 13.2. The summed E-state index contributed by atoms with van der Waals surface area (Å²) in [4.78, 5) is 11.1. The van der Waals surface area contributed by atoms with Crippen molar-refractivity contribution < 1.29 is 5.11 Å². The van der Waals surface area contributed by atoms with E-state index < -0.39 is 0 Å². The Balaban J connectivity index is 1.65. The van der Waals surface area contributed by atoms with E-state index >= 15 is 0 Å². The number of nitrogens with zero attached hydrogens (tertiary/aromatic N) is 3. The van der Waals surface area contributed by atoms with Gasteiger partial charge in [-0.25, -0.2) is 4.98 Å². The van der Waals surface area contributed by atoms with Crippen LogP contribution in [0.25, 0.3) is 0 Å². The van der Waals surface area contributed by atoms with Gasteiger partial charge in [0.05, 0.1) is 0 Å². The van der Waals surface area contributed by atoms with Gasteiger partial charge in [0.1, 0.15) is 11.6 Å². The minimum Gasteiger partial charge on any atom is -0.508 e. The summed E-state index contributed by atoms with van der Waals surface area (Å²) in [6, 6.07) is 17.3. The molecule has 120 valence electrons. The molecule has 0 fully saturated rings. The highest BCUT2D eigenvalue weighted by Crippen LogP contribution is 2.34. The van der Waals surface area contributed by atoms with Crippen LogP contribution in [0.2, 0.25) is 0 Å². The third kappa shape index (κ3) is 2.88. The van der Waals surface area contributed by atoms with Crippen molar-refractivity contribution in [2.45, 2.75) is 12.8 Å². The van der Waals surface area contributed by atoms with Gasteiger partial charge < -0.3 is 15.3 Å². The normalized spacial score (nSPS) is 13.4. The molecule has 2 aromatic carbocycles. The first-order valence-electron chi connectivity index (χ1n) is 8.04.